The molecular formula is C23H22N2O2S. The number of nitrogens with one attached hydrogen (secondary N) is 1. The van der Waals surface area contributed by atoms with E-state index in [2.05, 4.69) is 40.0 Å². The molecule has 2 heterocycles. The third-order valence-electron chi connectivity index (χ3n) is 5.09. The van der Waals surface area contributed by atoms with Crippen molar-refractivity contribution in [1.82, 2.24) is 4.72 Å². The fourth-order valence-electron chi connectivity index (χ4n) is 3.69. The summed E-state index contributed by atoms with van der Waals surface area (Å²) in [6, 6.07) is 24.3. The predicted octanol–water partition coefficient (Wildman–Crippen LogP) is 5.59. The van der Waals surface area contributed by atoms with Gasteiger partial charge in [-0.2, -0.15) is 0 Å². The minimum Gasteiger partial charge on any atom is -0.489 e. The van der Waals surface area contributed by atoms with Crippen LogP contribution in [-0.4, -0.2) is 12.7 Å². The number of nitrogens with zero attached hydrogens (tertiary/aromatic N) is 1. The first-order chi connectivity index (χ1) is 13.8. The van der Waals surface area contributed by atoms with Gasteiger partial charge in [-0.3, -0.25) is 0 Å². The van der Waals surface area contributed by atoms with Crippen LogP contribution < -0.4 is 19.1 Å². The van der Waals surface area contributed by atoms with Crippen LogP contribution in [0.15, 0.2) is 77.7 Å². The van der Waals surface area contributed by atoms with E-state index in [1.165, 1.54) is 23.4 Å². The lowest BCUT2D eigenvalue weighted by Crippen LogP contribution is -2.41. The van der Waals surface area contributed by atoms with Gasteiger partial charge < -0.3 is 14.4 Å². The Morgan fingerprint density at radius 3 is 2.71 bits per heavy atom. The van der Waals surface area contributed by atoms with E-state index in [1.54, 1.807) is 11.9 Å². The topological polar surface area (TPSA) is 33.7 Å². The number of fused-ring (bicyclic) bond motifs is 3. The van der Waals surface area contributed by atoms with E-state index in [-0.39, 0.29) is 0 Å². The number of rotatable bonds is 5. The molecular weight excluding hydrogens is 368 g/mol. The Morgan fingerprint density at radius 2 is 1.79 bits per heavy atom. The molecule has 2 aliphatic rings. The van der Waals surface area contributed by atoms with E-state index in [0.29, 0.717) is 12.8 Å². The standard InChI is InChI=1S/C23H22N2O2S/c1-2-6-17(7-3-1)16-26-18-8-4-9-19(14-18)27-20-11-12-21-22(15-20)28-24-23-10-5-13-25(21)23/h1-4,6-9,11-12,14-15,23-24H,5,10,13,16H2. The van der Waals surface area contributed by atoms with Crippen LogP contribution in [0.4, 0.5) is 5.69 Å². The maximum Gasteiger partial charge on any atom is 0.131 e. The molecule has 3 aromatic rings. The van der Waals surface area contributed by atoms with Crippen molar-refractivity contribution >= 4 is 17.6 Å². The molecule has 1 atom stereocenters. The van der Waals surface area contributed by atoms with E-state index in [4.69, 9.17) is 9.47 Å². The van der Waals surface area contributed by atoms with Gasteiger partial charge in [-0.25, -0.2) is 4.72 Å². The summed E-state index contributed by atoms with van der Waals surface area (Å²) in [7, 11) is 0. The molecule has 0 amide bonds. The molecule has 5 heteroatoms. The van der Waals surface area contributed by atoms with Crippen LogP contribution in [0.3, 0.4) is 0 Å². The Hall–Kier alpha value is -2.63. The Labute approximate surface area is 169 Å². The summed E-state index contributed by atoms with van der Waals surface area (Å²) in [5.41, 5.74) is 2.45. The summed E-state index contributed by atoms with van der Waals surface area (Å²) >= 11 is 1.70. The number of hydrogen-bond acceptors (Lipinski definition) is 5. The van der Waals surface area contributed by atoms with Crippen molar-refractivity contribution in [3.05, 3.63) is 78.4 Å². The van der Waals surface area contributed by atoms with Crippen LogP contribution >= 0.6 is 11.9 Å². The Bertz CT molecular complexity index is 964. The van der Waals surface area contributed by atoms with Crippen molar-refractivity contribution in [3.63, 3.8) is 0 Å². The molecule has 3 aromatic carbocycles. The van der Waals surface area contributed by atoms with Gasteiger partial charge >= 0.3 is 0 Å². The number of ether oxygens (including phenoxy) is 2. The lowest BCUT2D eigenvalue weighted by Gasteiger charge is -2.33. The van der Waals surface area contributed by atoms with Gasteiger partial charge in [0.05, 0.1) is 11.9 Å². The predicted molar refractivity (Wildman–Crippen MR) is 113 cm³/mol. The van der Waals surface area contributed by atoms with Crippen molar-refractivity contribution in [2.24, 2.45) is 0 Å². The molecule has 1 saturated heterocycles. The van der Waals surface area contributed by atoms with E-state index in [1.807, 2.05) is 42.5 Å². The van der Waals surface area contributed by atoms with Gasteiger partial charge in [-0.05, 0) is 60.7 Å². The quantitative estimate of drug-likeness (QED) is 0.574. The van der Waals surface area contributed by atoms with Crippen molar-refractivity contribution in [1.29, 1.82) is 0 Å². The van der Waals surface area contributed by atoms with Crippen molar-refractivity contribution < 1.29 is 9.47 Å². The third-order valence-corrected chi connectivity index (χ3v) is 6.02. The van der Waals surface area contributed by atoms with Crippen LogP contribution in [0.2, 0.25) is 0 Å². The fraction of sp³-hybridized carbons (Fsp3) is 0.217. The maximum absolute atomic E-state index is 6.11. The second-order valence-corrected chi connectivity index (χ2v) is 7.93. The summed E-state index contributed by atoms with van der Waals surface area (Å²) in [5.74, 6) is 2.42. The minimum atomic E-state index is 0.461. The largest absolute Gasteiger partial charge is 0.489 e. The van der Waals surface area contributed by atoms with Crippen LogP contribution in [-0.2, 0) is 6.61 Å². The summed E-state index contributed by atoms with van der Waals surface area (Å²) in [4.78, 5) is 3.67. The number of anilines is 1. The lowest BCUT2D eigenvalue weighted by atomic mass is 10.2. The SMILES string of the molecule is c1ccc(COc2cccc(Oc3ccc4c(c3)SNC3CCCN43)c2)cc1. The molecule has 28 heavy (non-hydrogen) atoms. The first-order valence-corrected chi connectivity index (χ1v) is 10.4. The first-order valence-electron chi connectivity index (χ1n) is 9.63. The second-order valence-electron chi connectivity index (χ2n) is 7.05. The highest BCUT2D eigenvalue weighted by Crippen LogP contribution is 2.41. The maximum atomic E-state index is 6.11. The molecule has 1 fully saturated rings. The summed E-state index contributed by atoms with van der Waals surface area (Å²) in [6.45, 7) is 1.66. The van der Waals surface area contributed by atoms with Gasteiger partial charge in [0, 0.05) is 17.5 Å². The summed E-state index contributed by atoms with van der Waals surface area (Å²) in [6.07, 6.45) is 2.91. The molecule has 1 unspecified atom stereocenters. The molecule has 0 bridgehead atoms. The minimum absolute atomic E-state index is 0.461. The first kappa shape index (κ1) is 17.5. The molecule has 5 rings (SSSR count). The monoisotopic (exact) mass is 390 g/mol. The fourth-order valence-corrected chi connectivity index (χ4v) is 4.66. The van der Waals surface area contributed by atoms with Crippen molar-refractivity contribution in [2.45, 2.75) is 30.5 Å². The van der Waals surface area contributed by atoms with Crippen LogP contribution in [0, 0.1) is 0 Å². The Morgan fingerprint density at radius 1 is 0.929 bits per heavy atom. The van der Waals surface area contributed by atoms with Crippen LogP contribution in [0.25, 0.3) is 0 Å². The van der Waals surface area contributed by atoms with E-state index in [9.17, 15) is 0 Å². The average molecular weight is 391 g/mol. The second kappa shape index (κ2) is 7.78. The van der Waals surface area contributed by atoms with Crippen molar-refractivity contribution in [3.8, 4) is 17.2 Å². The van der Waals surface area contributed by atoms with Gasteiger partial charge in [0.2, 0.25) is 0 Å². The molecule has 1 N–H and O–H groups in total. The Kier molecular flexibility index (Phi) is 4.85. The lowest BCUT2D eigenvalue weighted by molar-refractivity contribution is 0.304. The van der Waals surface area contributed by atoms with E-state index >= 15 is 0 Å². The zero-order chi connectivity index (χ0) is 18.8. The molecule has 4 nitrogen and oxygen atoms in total. The summed E-state index contributed by atoms with van der Waals surface area (Å²) in [5, 5.41) is 0. The molecule has 142 valence electrons. The van der Waals surface area contributed by atoms with Crippen LogP contribution in [0.1, 0.15) is 18.4 Å². The molecule has 0 aliphatic carbocycles. The molecule has 0 spiro atoms. The Balaban J connectivity index is 1.29. The van der Waals surface area contributed by atoms with Gasteiger partial charge in [0.15, 0.2) is 0 Å². The van der Waals surface area contributed by atoms with Gasteiger partial charge in [0.25, 0.3) is 0 Å². The van der Waals surface area contributed by atoms with Crippen molar-refractivity contribution in [2.75, 3.05) is 11.4 Å². The van der Waals surface area contributed by atoms with E-state index in [0.717, 1.165) is 29.4 Å². The average Bonchev–Trinajstić information content (AvgIpc) is 3.22. The van der Waals surface area contributed by atoms with Gasteiger partial charge in [0.1, 0.15) is 23.9 Å². The highest BCUT2D eigenvalue weighted by atomic mass is 32.2. The summed E-state index contributed by atoms with van der Waals surface area (Å²) < 4.78 is 15.6. The molecule has 0 aromatic heterocycles. The third kappa shape index (κ3) is 3.68. The zero-order valence-corrected chi connectivity index (χ0v) is 16.3. The number of hydrogen-bond donors (Lipinski definition) is 1. The van der Waals surface area contributed by atoms with Crippen LogP contribution in [0.5, 0.6) is 17.2 Å². The molecule has 2 aliphatic heterocycles. The van der Waals surface area contributed by atoms with E-state index < -0.39 is 0 Å². The molecule has 0 radical (unpaired) electrons. The smallest absolute Gasteiger partial charge is 0.131 e. The highest BCUT2D eigenvalue weighted by Gasteiger charge is 2.30. The highest BCUT2D eigenvalue weighted by molar-refractivity contribution is 7.97. The zero-order valence-electron chi connectivity index (χ0n) is 15.5. The number of benzene rings is 3. The van der Waals surface area contributed by atoms with Gasteiger partial charge in [-0.15, -0.1) is 0 Å². The van der Waals surface area contributed by atoms with Gasteiger partial charge in [-0.1, -0.05) is 36.4 Å². The normalized spacial score (nSPS) is 17.7. The molecule has 0 saturated carbocycles.